The Balaban J connectivity index is 1.71. The van der Waals surface area contributed by atoms with E-state index < -0.39 is 0 Å². The van der Waals surface area contributed by atoms with Crippen molar-refractivity contribution in [1.82, 2.24) is 9.97 Å². The number of rotatable bonds is 6. The van der Waals surface area contributed by atoms with Gasteiger partial charge in [-0.3, -0.25) is 4.79 Å². The van der Waals surface area contributed by atoms with Gasteiger partial charge in [0.05, 0.1) is 12.8 Å². The highest BCUT2D eigenvalue weighted by Crippen LogP contribution is 2.41. The number of hydrogen-bond acceptors (Lipinski definition) is 5. The molecule has 6 heteroatoms. The van der Waals surface area contributed by atoms with Crippen LogP contribution in [0.2, 0.25) is 0 Å². The van der Waals surface area contributed by atoms with Crippen LogP contribution in [0.1, 0.15) is 79.0 Å². The SMILES string of the molecule is CC1(C)CC=C(c2cc(C3(CO)CCOCC3)ccc2CC(=O)c2ncc(C#N)[nH]2)CC1. The molecule has 0 saturated carbocycles. The van der Waals surface area contributed by atoms with E-state index in [0.29, 0.717) is 13.2 Å². The van der Waals surface area contributed by atoms with Gasteiger partial charge in [-0.15, -0.1) is 0 Å². The summed E-state index contributed by atoms with van der Waals surface area (Å²) in [5, 5.41) is 19.3. The summed E-state index contributed by atoms with van der Waals surface area (Å²) in [4.78, 5) is 19.8. The molecule has 2 aliphatic rings. The smallest absolute Gasteiger partial charge is 0.202 e. The van der Waals surface area contributed by atoms with Gasteiger partial charge in [0.25, 0.3) is 0 Å². The summed E-state index contributed by atoms with van der Waals surface area (Å²) in [7, 11) is 0. The van der Waals surface area contributed by atoms with Gasteiger partial charge in [0.1, 0.15) is 11.8 Å². The molecule has 2 heterocycles. The fourth-order valence-electron chi connectivity index (χ4n) is 4.76. The molecular formula is C26H31N3O3. The molecule has 0 unspecified atom stereocenters. The van der Waals surface area contributed by atoms with Gasteiger partial charge < -0.3 is 14.8 Å². The summed E-state index contributed by atoms with van der Waals surface area (Å²) in [5.41, 5.74) is 4.71. The second-order valence-electron chi connectivity index (χ2n) is 9.88. The molecule has 1 aromatic carbocycles. The largest absolute Gasteiger partial charge is 0.395 e. The molecule has 32 heavy (non-hydrogen) atoms. The molecule has 1 saturated heterocycles. The van der Waals surface area contributed by atoms with Gasteiger partial charge in [-0.05, 0) is 59.8 Å². The number of allylic oxidation sites excluding steroid dienone is 2. The number of benzene rings is 1. The van der Waals surface area contributed by atoms with Crippen LogP contribution in [0.25, 0.3) is 5.57 Å². The van der Waals surface area contributed by atoms with Gasteiger partial charge in [-0.25, -0.2) is 4.98 Å². The molecule has 168 valence electrons. The van der Waals surface area contributed by atoms with Gasteiger partial charge >= 0.3 is 0 Å². The quantitative estimate of drug-likeness (QED) is 0.660. The Kier molecular flexibility index (Phi) is 6.32. The highest BCUT2D eigenvalue weighted by atomic mass is 16.5. The Morgan fingerprint density at radius 1 is 1.28 bits per heavy atom. The Bertz CT molecular complexity index is 1070. The van der Waals surface area contributed by atoms with E-state index in [4.69, 9.17) is 10.00 Å². The third-order valence-electron chi connectivity index (χ3n) is 7.10. The molecule has 0 bridgehead atoms. The maximum atomic E-state index is 12.9. The molecular weight excluding hydrogens is 402 g/mol. The molecule has 2 N–H and O–H groups in total. The number of carbonyl (C=O) groups excluding carboxylic acids is 1. The third-order valence-corrected chi connectivity index (χ3v) is 7.10. The van der Waals surface area contributed by atoms with Crippen LogP contribution in [0.5, 0.6) is 0 Å². The number of aromatic amines is 1. The summed E-state index contributed by atoms with van der Waals surface area (Å²) < 4.78 is 5.55. The molecule has 6 nitrogen and oxygen atoms in total. The lowest BCUT2D eigenvalue weighted by Crippen LogP contribution is -2.37. The molecule has 1 aliphatic carbocycles. The van der Waals surface area contributed by atoms with E-state index in [1.165, 1.54) is 11.8 Å². The number of H-pyrrole nitrogens is 1. The zero-order chi connectivity index (χ0) is 22.8. The van der Waals surface area contributed by atoms with Crippen molar-refractivity contribution < 1.29 is 14.6 Å². The van der Waals surface area contributed by atoms with Crippen molar-refractivity contribution in [3.05, 3.63) is 58.7 Å². The minimum Gasteiger partial charge on any atom is -0.395 e. The Morgan fingerprint density at radius 2 is 2.06 bits per heavy atom. The van der Waals surface area contributed by atoms with Crippen LogP contribution in [0.15, 0.2) is 30.5 Å². The minimum atomic E-state index is -0.299. The van der Waals surface area contributed by atoms with E-state index in [1.807, 2.05) is 12.1 Å². The molecule has 1 aromatic heterocycles. The van der Waals surface area contributed by atoms with Crippen LogP contribution in [-0.4, -0.2) is 40.7 Å². The topological polar surface area (TPSA) is 99.0 Å². The number of imidazole rings is 1. The van der Waals surface area contributed by atoms with Crippen molar-refractivity contribution in [3.63, 3.8) is 0 Å². The van der Waals surface area contributed by atoms with E-state index in [9.17, 15) is 9.90 Å². The monoisotopic (exact) mass is 433 g/mol. The summed E-state index contributed by atoms with van der Waals surface area (Å²) in [5.74, 6) is 0.0757. The van der Waals surface area contributed by atoms with Crippen molar-refractivity contribution in [1.29, 1.82) is 5.26 Å². The lowest BCUT2D eigenvalue weighted by molar-refractivity contribution is 0.0253. The van der Waals surface area contributed by atoms with Crippen molar-refractivity contribution in [2.24, 2.45) is 5.41 Å². The van der Waals surface area contributed by atoms with Gasteiger partial charge in [0, 0.05) is 25.0 Å². The highest BCUT2D eigenvalue weighted by Gasteiger charge is 2.35. The van der Waals surface area contributed by atoms with Gasteiger partial charge in [0.15, 0.2) is 5.82 Å². The van der Waals surface area contributed by atoms with Gasteiger partial charge in [0.2, 0.25) is 5.78 Å². The van der Waals surface area contributed by atoms with E-state index >= 15 is 0 Å². The zero-order valence-electron chi connectivity index (χ0n) is 18.9. The Morgan fingerprint density at radius 3 is 2.69 bits per heavy atom. The number of aliphatic hydroxyl groups excluding tert-OH is 1. The summed E-state index contributed by atoms with van der Waals surface area (Å²) in [6.45, 7) is 5.95. The number of ether oxygens (including phenoxy) is 1. The maximum Gasteiger partial charge on any atom is 0.202 e. The molecule has 1 fully saturated rings. The Labute approximate surface area is 189 Å². The number of aliphatic hydroxyl groups is 1. The molecule has 0 atom stereocenters. The van der Waals surface area contributed by atoms with Crippen LogP contribution in [0, 0.1) is 16.7 Å². The number of nitriles is 1. The van der Waals surface area contributed by atoms with Crippen LogP contribution < -0.4 is 0 Å². The number of aromatic nitrogens is 2. The molecule has 0 radical (unpaired) electrons. The molecule has 4 rings (SSSR count). The van der Waals surface area contributed by atoms with Crippen molar-refractivity contribution in [2.45, 2.75) is 57.8 Å². The number of nitrogens with one attached hydrogen (secondary N) is 1. The lowest BCUT2D eigenvalue weighted by Gasteiger charge is -2.37. The van der Waals surface area contributed by atoms with Crippen LogP contribution in [0.3, 0.4) is 0 Å². The molecule has 2 aromatic rings. The summed E-state index contributed by atoms with van der Waals surface area (Å²) in [6.07, 6.45) is 8.55. The predicted octanol–water partition coefficient (Wildman–Crippen LogP) is 4.34. The van der Waals surface area contributed by atoms with E-state index in [2.05, 4.69) is 42.0 Å². The first-order valence-electron chi connectivity index (χ1n) is 11.4. The second-order valence-corrected chi connectivity index (χ2v) is 9.88. The van der Waals surface area contributed by atoms with E-state index in [-0.39, 0.29) is 41.2 Å². The second kappa shape index (κ2) is 9.01. The van der Waals surface area contributed by atoms with Gasteiger partial charge in [-0.2, -0.15) is 5.26 Å². The molecule has 0 spiro atoms. The first-order chi connectivity index (χ1) is 15.4. The normalized spacial score (nSPS) is 19.8. The lowest BCUT2D eigenvalue weighted by atomic mass is 9.72. The fourth-order valence-corrected chi connectivity index (χ4v) is 4.76. The summed E-state index contributed by atoms with van der Waals surface area (Å²) in [6, 6.07) is 8.26. The van der Waals surface area contributed by atoms with Crippen LogP contribution >= 0.6 is 0 Å². The Hall–Kier alpha value is -2.75. The zero-order valence-corrected chi connectivity index (χ0v) is 18.9. The number of carbonyl (C=O) groups is 1. The fraction of sp³-hybridized carbons (Fsp3) is 0.500. The van der Waals surface area contributed by atoms with Crippen LogP contribution in [0.4, 0.5) is 0 Å². The first kappa shape index (κ1) is 22.4. The van der Waals surface area contributed by atoms with E-state index in [0.717, 1.165) is 48.8 Å². The number of Topliss-reactive ketones (excluding diaryl/α,β-unsaturated/α-hetero) is 1. The standard InChI is InChI=1S/C26H31N3O3/c1-25(2)7-5-18(6-8-25)22-14-20(26(17-30)9-11-32-12-10-26)4-3-19(22)13-23(31)24-28-16-21(15-27)29-24/h3-5,14,16,30H,6-13,17H2,1-2H3,(H,28,29). The van der Waals surface area contributed by atoms with Gasteiger partial charge in [-0.1, -0.05) is 38.1 Å². The number of ketones is 1. The van der Waals surface area contributed by atoms with Crippen LogP contribution in [-0.2, 0) is 16.6 Å². The van der Waals surface area contributed by atoms with Crippen molar-refractivity contribution >= 4 is 11.4 Å². The molecule has 0 amide bonds. The average Bonchev–Trinajstić information content (AvgIpc) is 3.29. The molecule has 1 aliphatic heterocycles. The highest BCUT2D eigenvalue weighted by molar-refractivity contribution is 5.95. The minimum absolute atomic E-state index is 0.0868. The average molecular weight is 434 g/mol. The third kappa shape index (κ3) is 4.55. The van der Waals surface area contributed by atoms with Crippen molar-refractivity contribution in [2.75, 3.05) is 19.8 Å². The summed E-state index contributed by atoms with van der Waals surface area (Å²) >= 11 is 0. The number of hydrogen-bond donors (Lipinski definition) is 2. The maximum absolute atomic E-state index is 12.9. The number of nitrogens with zero attached hydrogens (tertiary/aromatic N) is 2. The first-order valence-corrected chi connectivity index (χ1v) is 11.4. The van der Waals surface area contributed by atoms with Crippen molar-refractivity contribution in [3.8, 4) is 6.07 Å². The predicted molar refractivity (Wildman–Crippen MR) is 122 cm³/mol. The van der Waals surface area contributed by atoms with E-state index in [1.54, 1.807) is 0 Å².